The summed E-state index contributed by atoms with van der Waals surface area (Å²) in [5.41, 5.74) is 1.21. The quantitative estimate of drug-likeness (QED) is 0.495. The summed E-state index contributed by atoms with van der Waals surface area (Å²) < 4.78 is 0. The second-order valence-corrected chi connectivity index (χ2v) is 5.00. The van der Waals surface area contributed by atoms with E-state index in [2.05, 4.69) is 21.3 Å². The highest BCUT2D eigenvalue weighted by atomic mass is 16.2. The fourth-order valence-electron chi connectivity index (χ4n) is 1.85. The molecule has 0 aliphatic carbocycles. The van der Waals surface area contributed by atoms with E-state index in [0.29, 0.717) is 11.4 Å². The summed E-state index contributed by atoms with van der Waals surface area (Å²) in [4.78, 5) is 23.7. The Kier molecular flexibility index (Phi) is 8.86. The topological polar surface area (TPSA) is 82.3 Å². The molecule has 0 radical (unpaired) electrons. The van der Waals surface area contributed by atoms with Crippen molar-refractivity contribution < 1.29 is 9.59 Å². The third-order valence-corrected chi connectivity index (χ3v) is 2.90. The van der Waals surface area contributed by atoms with Crippen LogP contribution >= 0.6 is 0 Å². The summed E-state index contributed by atoms with van der Waals surface area (Å²) in [5, 5.41) is 11.7. The molecule has 6 heteroatoms. The smallest absolute Gasteiger partial charge is 0.238 e. The first-order valence-corrected chi connectivity index (χ1v) is 7.77. The van der Waals surface area contributed by atoms with Crippen LogP contribution in [0.3, 0.4) is 0 Å². The van der Waals surface area contributed by atoms with Crippen molar-refractivity contribution in [3.8, 4) is 0 Å². The molecule has 0 aromatic heterocycles. The highest BCUT2D eigenvalue weighted by Gasteiger charge is 2.08. The van der Waals surface area contributed by atoms with Gasteiger partial charge in [0, 0.05) is 0 Å². The lowest BCUT2D eigenvalue weighted by molar-refractivity contribution is -0.116. The van der Waals surface area contributed by atoms with E-state index in [1.165, 1.54) is 0 Å². The van der Waals surface area contributed by atoms with Crippen LogP contribution in [0.2, 0.25) is 0 Å². The lowest BCUT2D eigenvalue weighted by atomic mass is 10.2. The van der Waals surface area contributed by atoms with Gasteiger partial charge in [-0.15, -0.1) is 0 Å². The molecule has 0 spiro atoms. The third kappa shape index (κ3) is 7.19. The van der Waals surface area contributed by atoms with Crippen LogP contribution in [0.25, 0.3) is 0 Å². The molecule has 0 atom stereocenters. The maximum absolute atomic E-state index is 11.8. The zero-order chi connectivity index (χ0) is 16.2. The van der Waals surface area contributed by atoms with Gasteiger partial charge in [0.1, 0.15) is 0 Å². The average Bonchev–Trinajstić information content (AvgIpc) is 2.50. The monoisotopic (exact) mass is 306 g/mol. The Balaban J connectivity index is 2.54. The van der Waals surface area contributed by atoms with Gasteiger partial charge in [0.25, 0.3) is 0 Å². The summed E-state index contributed by atoms with van der Waals surface area (Å²) in [7, 11) is 0. The van der Waals surface area contributed by atoms with Crippen molar-refractivity contribution in [2.24, 2.45) is 0 Å². The molecule has 0 saturated carbocycles. The normalized spacial score (nSPS) is 10.3. The maximum Gasteiger partial charge on any atom is 0.238 e. The summed E-state index contributed by atoms with van der Waals surface area (Å²) >= 11 is 0. The molecule has 4 N–H and O–H groups in total. The van der Waals surface area contributed by atoms with Gasteiger partial charge in [0.15, 0.2) is 0 Å². The highest BCUT2D eigenvalue weighted by Crippen LogP contribution is 2.20. The van der Waals surface area contributed by atoms with Gasteiger partial charge in [0.2, 0.25) is 11.8 Å². The fraction of sp³-hybridized carbons (Fsp3) is 0.500. The Hall–Kier alpha value is -1.92. The summed E-state index contributed by atoms with van der Waals surface area (Å²) in [5.74, 6) is -0.251. The molecule has 0 bridgehead atoms. The molecule has 22 heavy (non-hydrogen) atoms. The Labute approximate surface area is 132 Å². The van der Waals surface area contributed by atoms with Crippen molar-refractivity contribution in [2.75, 3.05) is 36.8 Å². The van der Waals surface area contributed by atoms with Crippen molar-refractivity contribution in [1.29, 1.82) is 0 Å². The zero-order valence-electron chi connectivity index (χ0n) is 13.4. The van der Waals surface area contributed by atoms with Crippen LogP contribution in [0.15, 0.2) is 24.3 Å². The van der Waals surface area contributed by atoms with E-state index in [1.807, 2.05) is 26.0 Å². The number of hydrogen-bond donors (Lipinski definition) is 4. The molecule has 1 aromatic rings. The number of rotatable bonds is 10. The van der Waals surface area contributed by atoms with E-state index in [-0.39, 0.29) is 24.9 Å². The minimum Gasteiger partial charge on any atom is -0.323 e. The zero-order valence-corrected chi connectivity index (χ0v) is 13.4. The van der Waals surface area contributed by atoms with Gasteiger partial charge in [-0.1, -0.05) is 26.0 Å². The molecule has 2 amide bonds. The maximum atomic E-state index is 11.8. The number of anilines is 2. The minimum atomic E-state index is -0.126. The Morgan fingerprint density at radius 3 is 1.59 bits per heavy atom. The largest absolute Gasteiger partial charge is 0.323 e. The van der Waals surface area contributed by atoms with Crippen molar-refractivity contribution in [3.05, 3.63) is 24.3 Å². The first-order chi connectivity index (χ1) is 10.7. The van der Waals surface area contributed by atoms with Gasteiger partial charge in [-0.3, -0.25) is 9.59 Å². The van der Waals surface area contributed by atoms with Crippen molar-refractivity contribution in [1.82, 2.24) is 10.6 Å². The van der Waals surface area contributed by atoms with Crippen LogP contribution in [0.5, 0.6) is 0 Å². The van der Waals surface area contributed by atoms with E-state index in [9.17, 15) is 9.59 Å². The minimum absolute atomic E-state index is 0.126. The second kappa shape index (κ2) is 10.8. The number of nitrogens with one attached hydrogen (secondary N) is 4. The van der Waals surface area contributed by atoms with E-state index >= 15 is 0 Å². The van der Waals surface area contributed by atoms with Gasteiger partial charge in [-0.2, -0.15) is 0 Å². The van der Waals surface area contributed by atoms with Crippen LogP contribution in [0.1, 0.15) is 26.7 Å². The fourth-order valence-corrected chi connectivity index (χ4v) is 1.85. The molecular formula is C16H26N4O2. The molecule has 6 nitrogen and oxygen atoms in total. The predicted molar refractivity (Wildman–Crippen MR) is 90.0 cm³/mol. The number of amides is 2. The first kappa shape index (κ1) is 18.1. The molecule has 0 heterocycles. The second-order valence-electron chi connectivity index (χ2n) is 5.00. The molecule has 0 saturated heterocycles. The lowest BCUT2D eigenvalue weighted by Crippen LogP contribution is -2.30. The number of para-hydroxylation sites is 2. The van der Waals surface area contributed by atoms with Crippen LogP contribution in [-0.2, 0) is 9.59 Å². The molecular weight excluding hydrogens is 280 g/mol. The number of benzene rings is 1. The van der Waals surface area contributed by atoms with Gasteiger partial charge >= 0.3 is 0 Å². The number of carbonyl (C=O) groups is 2. The van der Waals surface area contributed by atoms with Crippen LogP contribution in [-0.4, -0.2) is 38.0 Å². The third-order valence-electron chi connectivity index (χ3n) is 2.90. The molecule has 1 aromatic carbocycles. The van der Waals surface area contributed by atoms with Gasteiger partial charge in [-0.05, 0) is 38.1 Å². The standard InChI is InChI=1S/C16H26N4O2/c1-3-9-17-11-15(21)19-13-7-5-6-8-14(13)20-16(22)12-18-10-4-2/h5-8,17-18H,3-4,9-12H2,1-2H3,(H,19,21)(H,20,22). The van der Waals surface area contributed by atoms with Crippen molar-refractivity contribution in [3.63, 3.8) is 0 Å². The first-order valence-electron chi connectivity index (χ1n) is 7.77. The van der Waals surface area contributed by atoms with E-state index in [4.69, 9.17) is 0 Å². The molecule has 0 fully saturated rings. The lowest BCUT2D eigenvalue weighted by Gasteiger charge is -2.12. The summed E-state index contributed by atoms with van der Waals surface area (Å²) in [6.07, 6.45) is 1.95. The Morgan fingerprint density at radius 1 is 0.818 bits per heavy atom. The van der Waals surface area contributed by atoms with E-state index < -0.39 is 0 Å². The van der Waals surface area contributed by atoms with E-state index in [0.717, 1.165) is 25.9 Å². The van der Waals surface area contributed by atoms with Crippen LogP contribution in [0, 0.1) is 0 Å². The Morgan fingerprint density at radius 2 is 1.23 bits per heavy atom. The van der Waals surface area contributed by atoms with Crippen LogP contribution < -0.4 is 21.3 Å². The van der Waals surface area contributed by atoms with Gasteiger partial charge in [-0.25, -0.2) is 0 Å². The Bertz CT molecular complexity index is 434. The molecule has 122 valence electrons. The van der Waals surface area contributed by atoms with Crippen molar-refractivity contribution in [2.45, 2.75) is 26.7 Å². The molecule has 0 aliphatic heterocycles. The average molecular weight is 306 g/mol. The van der Waals surface area contributed by atoms with Crippen molar-refractivity contribution >= 4 is 23.2 Å². The van der Waals surface area contributed by atoms with E-state index in [1.54, 1.807) is 12.1 Å². The summed E-state index contributed by atoms with van der Waals surface area (Å²) in [6.45, 7) is 6.21. The SMILES string of the molecule is CCCNCC(=O)Nc1ccccc1NC(=O)CNCCC. The molecule has 0 unspecified atom stereocenters. The number of hydrogen-bond acceptors (Lipinski definition) is 4. The van der Waals surface area contributed by atoms with Crippen LogP contribution in [0.4, 0.5) is 11.4 Å². The highest BCUT2D eigenvalue weighted by molar-refractivity contribution is 6.00. The predicted octanol–water partition coefficient (Wildman–Crippen LogP) is 1.56. The summed E-state index contributed by atoms with van der Waals surface area (Å²) in [6, 6.07) is 7.18. The van der Waals surface area contributed by atoms with Gasteiger partial charge in [0.05, 0.1) is 24.5 Å². The number of carbonyl (C=O) groups excluding carboxylic acids is 2. The molecule has 0 aliphatic rings. The van der Waals surface area contributed by atoms with Gasteiger partial charge < -0.3 is 21.3 Å². The molecule has 1 rings (SSSR count).